The van der Waals surface area contributed by atoms with Gasteiger partial charge in [0, 0.05) is 17.7 Å². The molecule has 1 aliphatic heterocycles. The Morgan fingerprint density at radius 1 is 1.00 bits per heavy atom. The van der Waals surface area contributed by atoms with Crippen molar-refractivity contribution in [3.8, 4) is 17.2 Å². The zero-order valence-electron chi connectivity index (χ0n) is 21.1. The number of oxazole rings is 1. The molecule has 0 aliphatic carbocycles. The van der Waals surface area contributed by atoms with E-state index < -0.39 is 6.04 Å². The largest absolute Gasteiger partial charge is 0.493 e. The lowest BCUT2D eigenvalue weighted by Crippen LogP contribution is -2.62. The van der Waals surface area contributed by atoms with Crippen molar-refractivity contribution in [1.82, 2.24) is 4.98 Å². The summed E-state index contributed by atoms with van der Waals surface area (Å²) in [6.07, 6.45) is 2.92. The van der Waals surface area contributed by atoms with Crippen LogP contribution in [0.1, 0.15) is 29.5 Å². The molecule has 1 amide bonds. The number of rotatable bonds is 10. The van der Waals surface area contributed by atoms with E-state index in [1.807, 2.05) is 85.8 Å². The van der Waals surface area contributed by atoms with Gasteiger partial charge in [-0.15, -0.1) is 0 Å². The number of nitrogens with zero attached hydrogens (tertiary/aromatic N) is 2. The van der Waals surface area contributed by atoms with Gasteiger partial charge in [0.25, 0.3) is 0 Å². The first kappa shape index (κ1) is 24.5. The van der Waals surface area contributed by atoms with Gasteiger partial charge in [-0.2, -0.15) is 0 Å². The second-order valence-corrected chi connectivity index (χ2v) is 9.30. The number of β-lactam (4-membered cyclic amide) rings is 1. The third kappa shape index (κ3) is 5.19. The summed E-state index contributed by atoms with van der Waals surface area (Å²) >= 11 is 0. The third-order valence-electron chi connectivity index (χ3n) is 6.90. The predicted molar refractivity (Wildman–Crippen MR) is 143 cm³/mol. The predicted octanol–water partition coefficient (Wildman–Crippen LogP) is 5.61. The van der Waals surface area contributed by atoms with Crippen LogP contribution < -0.4 is 9.64 Å². The minimum Gasteiger partial charge on any atom is -0.493 e. The summed E-state index contributed by atoms with van der Waals surface area (Å²) in [5.74, 6) is 1.73. The van der Waals surface area contributed by atoms with Gasteiger partial charge in [-0.3, -0.25) is 4.79 Å². The molecule has 4 aromatic rings. The minimum atomic E-state index is -0.460. The average Bonchev–Trinajstić information content (AvgIpc) is 3.31. The molecule has 1 fully saturated rings. The molecule has 0 saturated carbocycles. The standard InChI is InChI=1S/C31H30N2O4/c1-3-22-12-14-25(15-13-22)33-29(20-34)27(31(33)35)19-23-8-7-11-26(18-23)36-17-16-28-21(2)37-30(32-28)24-9-5-4-6-10-24/h4-15,18,20,27,29H,3,16-17,19H2,1-2H3/t27-,29+/m0/s1. The molecule has 1 aliphatic rings. The number of benzene rings is 3. The Morgan fingerprint density at radius 2 is 1.78 bits per heavy atom. The first-order chi connectivity index (χ1) is 18.1. The molecule has 0 bridgehead atoms. The fourth-order valence-corrected chi connectivity index (χ4v) is 4.77. The molecule has 0 unspecified atom stereocenters. The van der Waals surface area contributed by atoms with Gasteiger partial charge in [-0.05, 0) is 67.3 Å². The summed E-state index contributed by atoms with van der Waals surface area (Å²) < 4.78 is 11.8. The SMILES string of the molecule is CCc1ccc(N2C(=O)[C@@H](Cc3cccc(OCCc4nc(-c5ccccc5)oc4C)c3)[C@H]2C=O)cc1. The summed E-state index contributed by atoms with van der Waals surface area (Å²) in [5, 5.41) is 0. The van der Waals surface area contributed by atoms with Crippen LogP contribution in [0.25, 0.3) is 11.5 Å². The Hall–Kier alpha value is -4.19. The number of carbonyl (C=O) groups is 2. The first-order valence-corrected chi connectivity index (χ1v) is 12.7. The molecular formula is C31H30N2O4. The van der Waals surface area contributed by atoms with Crippen molar-refractivity contribution in [2.75, 3.05) is 11.5 Å². The summed E-state index contributed by atoms with van der Waals surface area (Å²) in [4.78, 5) is 31.1. The van der Waals surface area contributed by atoms with Crippen molar-refractivity contribution >= 4 is 17.9 Å². The van der Waals surface area contributed by atoms with Gasteiger partial charge in [0.05, 0.1) is 18.2 Å². The lowest BCUT2D eigenvalue weighted by Gasteiger charge is -2.44. The van der Waals surface area contributed by atoms with E-state index in [9.17, 15) is 9.59 Å². The smallest absolute Gasteiger partial charge is 0.233 e. The third-order valence-corrected chi connectivity index (χ3v) is 6.90. The van der Waals surface area contributed by atoms with Crippen molar-refractivity contribution in [3.63, 3.8) is 0 Å². The molecule has 0 radical (unpaired) electrons. The van der Waals surface area contributed by atoms with E-state index in [4.69, 9.17) is 9.15 Å². The number of hydrogen-bond donors (Lipinski definition) is 0. The molecule has 3 aromatic carbocycles. The molecule has 2 heterocycles. The van der Waals surface area contributed by atoms with Crippen molar-refractivity contribution in [3.05, 3.63) is 101 Å². The number of aryl methyl sites for hydroxylation is 2. The van der Waals surface area contributed by atoms with Crippen LogP contribution >= 0.6 is 0 Å². The Kier molecular flexibility index (Phi) is 7.17. The molecule has 1 saturated heterocycles. The summed E-state index contributed by atoms with van der Waals surface area (Å²) in [6, 6.07) is 24.9. The van der Waals surface area contributed by atoms with Gasteiger partial charge in [0.2, 0.25) is 11.8 Å². The number of amides is 1. The summed E-state index contributed by atoms with van der Waals surface area (Å²) in [6.45, 7) is 4.45. The van der Waals surface area contributed by atoms with E-state index in [1.54, 1.807) is 4.90 Å². The average molecular weight is 495 g/mol. The highest BCUT2D eigenvalue weighted by Gasteiger charge is 2.47. The first-order valence-electron chi connectivity index (χ1n) is 12.7. The lowest BCUT2D eigenvalue weighted by atomic mass is 9.82. The normalized spacial score (nSPS) is 16.9. The van der Waals surface area contributed by atoms with Crippen molar-refractivity contribution in [2.24, 2.45) is 5.92 Å². The fourth-order valence-electron chi connectivity index (χ4n) is 4.77. The second kappa shape index (κ2) is 10.8. The highest BCUT2D eigenvalue weighted by Crippen LogP contribution is 2.34. The molecule has 2 atom stereocenters. The van der Waals surface area contributed by atoms with Gasteiger partial charge in [-0.25, -0.2) is 4.98 Å². The van der Waals surface area contributed by atoms with Crippen LogP contribution in [0.15, 0.2) is 83.3 Å². The highest BCUT2D eigenvalue weighted by molar-refractivity contribution is 6.08. The number of anilines is 1. The van der Waals surface area contributed by atoms with Gasteiger partial charge >= 0.3 is 0 Å². The van der Waals surface area contributed by atoms with E-state index in [1.165, 1.54) is 5.56 Å². The maximum Gasteiger partial charge on any atom is 0.233 e. The highest BCUT2D eigenvalue weighted by atomic mass is 16.5. The van der Waals surface area contributed by atoms with Crippen molar-refractivity contribution in [2.45, 2.75) is 39.2 Å². The van der Waals surface area contributed by atoms with Crippen LogP contribution in [0.5, 0.6) is 5.75 Å². The van der Waals surface area contributed by atoms with E-state index in [2.05, 4.69) is 11.9 Å². The number of carbonyl (C=O) groups excluding carboxylic acids is 2. The van der Waals surface area contributed by atoms with Gasteiger partial charge in [0.1, 0.15) is 23.8 Å². The zero-order chi connectivity index (χ0) is 25.8. The molecule has 37 heavy (non-hydrogen) atoms. The van der Waals surface area contributed by atoms with E-state index in [-0.39, 0.29) is 11.8 Å². The Balaban J connectivity index is 1.19. The number of aldehydes is 1. The van der Waals surface area contributed by atoms with Crippen LogP contribution in [0, 0.1) is 12.8 Å². The molecule has 188 valence electrons. The Morgan fingerprint density at radius 3 is 2.51 bits per heavy atom. The molecule has 1 aromatic heterocycles. The maximum atomic E-state index is 13.0. The minimum absolute atomic E-state index is 0.0246. The van der Waals surface area contributed by atoms with Crippen LogP contribution in [-0.4, -0.2) is 29.8 Å². The molecule has 6 nitrogen and oxygen atoms in total. The molecule has 0 spiro atoms. The lowest BCUT2D eigenvalue weighted by molar-refractivity contribution is -0.133. The number of ether oxygens (including phenoxy) is 1. The maximum absolute atomic E-state index is 13.0. The monoisotopic (exact) mass is 494 g/mol. The van der Waals surface area contributed by atoms with Gasteiger partial charge < -0.3 is 18.8 Å². The molecule has 5 rings (SSSR count). The van der Waals surface area contributed by atoms with Crippen molar-refractivity contribution < 1.29 is 18.7 Å². The summed E-state index contributed by atoms with van der Waals surface area (Å²) in [5.41, 5.74) is 4.75. The van der Waals surface area contributed by atoms with Crippen molar-refractivity contribution in [1.29, 1.82) is 0 Å². The van der Waals surface area contributed by atoms with Gasteiger partial charge in [-0.1, -0.05) is 49.4 Å². The molecular weight excluding hydrogens is 464 g/mol. The van der Waals surface area contributed by atoms with E-state index >= 15 is 0 Å². The quantitative estimate of drug-likeness (QED) is 0.212. The topological polar surface area (TPSA) is 72.6 Å². The van der Waals surface area contributed by atoms with Crippen LogP contribution in [0.2, 0.25) is 0 Å². The molecule has 0 N–H and O–H groups in total. The van der Waals surface area contributed by atoms with Crippen LogP contribution in [-0.2, 0) is 28.9 Å². The van der Waals surface area contributed by atoms with Gasteiger partial charge in [0.15, 0.2) is 0 Å². The van der Waals surface area contributed by atoms with Crippen LogP contribution in [0.4, 0.5) is 5.69 Å². The summed E-state index contributed by atoms with van der Waals surface area (Å²) in [7, 11) is 0. The Labute approximate surface area is 216 Å². The Bertz CT molecular complexity index is 1380. The number of hydrogen-bond acceptors (Lipinski definition) is 5. The van der Waals surface area contributed by atoms with Crippen LogP contribution in [0.3, 0.4) is 0 Å². The second-order valence-electron chi connectivity index (χ2n) is 9.30. The van der Waals surface area contributed by atoms with E-state index in [0.717, 1.165) is 46.7 Å². The zero-order valence-corrected chi connectivity index (χ0v) is 21.1. The molecule has 6 heteroatoms. The van der Waals surface area contributed by atoms with E-state index in [0.29, 0.717) is 25.3 Å². The fraction of sp³-hybridized carbons (Fsp3) is 0.258. The number of aromatic nitrogens is 1.